The molecule has 29 heavy (non-hydrogen) atoms. The maximum atomic E-state index is 11.6. The van der Waals surface area contributed by atoms with Crippen LogP contribution in [0.4, 0.5) is 0 Å². The molecule has 0 aliphatic carbocycles. The van der Waals surface area contributed by atoms with Gasteiger partial charge in [0.2, 0.25) is 6.29 Å². The Balaban J connectivity index is 2.18. The Morgan fingerprint density at radius 2 is 1.62 bits per heavy atom. The molecule has 2 rings (SSSR count). The topological polar surface area (TPSA) is 89.5 Å². The molecule has 0 amide bonds. The normalized spacial score (nSPS) is 26.5. The standard InChI is InChI=1S/C20H29BO8/c1-12-13(2)19(27-15(4)23)20(29-18(12)11-26-14(3)22)28-17-9-7-16(8-10-17)21(24-5)25-6/h7-10,12-13,18-20H,11H2,1-6H3. The molecule has 1 aliphatic heterocycles. The number of rotatable bonds is 8. The van der Waals surface area contributed by atoms with Gasteiger partial charge in [0.25, 0.3) is 0 Å². The van der Waals surface area contributed by atoms with Crippen molar-refractivity contribution in [3.8, 4) is 5.75 Å². The van der Waals surface area contributed by atoms with Crippen molar-refractivity contribution >= 4 is 24.5 Å². The van der Waals surface area contributed by atoms with Gasteiger partial charge in [0.15, 0.2) is 6.10 Å². The third kappa shape index (κ3) is 6.19. The molecule has 1 aliphatic rings. The summed E-state index contributed by atoms with van der Waals surface area (Å²) in [6, 6.07) is 7.16. The highest BCUT2D eigenvalue weighted by molar-refractivity contribution is 6.61. The highest BCUT2D eigenvalue weighted by atomic mass is 16.7. The summed E-state index contributed by atoms with van der Waals surface area (Å²) in [5.74, 6) is -0.332. The SMILES string of the molecule is COB(OC)c1ccc(OC2OC(COC(C)=O)C(C)C(C)C2OC(C)=O)cc1. The zero-order valence-corrected chi connectivity index (χ0v) is 17.7. The van der Waals surface area contributed by atoms with Gasteiger partial charge in [0.05, 0.1) is 6.10 Å². The van der Waals surface area contributed by atoms with Crippen LogP contribution in [0.2, 0.25) is 0 Å². The van der Waals surface area contributed by atoms with E-state index in [2.05, 4.69) is 0 Å². The average molecular weight is 408 g/mol. The molecule has 5 unspecified atom stereocenters. The first-order chi connectivity index (χ1) is 13.8. The van der Waals surface area contributed by atoms with Crippen LogP contribution in [0.5, 0.6) is 5.75 Å². The second-order valence-corrected chi connectivity index (χ2v) is 7.13. The molecule has 5 atom stereocenters. The van der Waals surface area contributed by atoms with Crippen LogP contribution >= 0.6 is 0 Å². The Morgan fingerprint density at radius 3 is 2.14 bits per heavy atom. The Kier molecular flexibility index (Phi) is 8.49. The summed E-state index contributed by atoms with van der Waals surface area (Å²) in [5.41, 5.74) is 0.832. The van der Waals surface area contributed by atoms with Crippen LogP contribution in [0.3, 0.4) is 0 Å². The van der Waals surface area contributed by atoms with E-state index in [9.17, 15) is 9.59 Å². The van der Waals surface area contributed by atoms with E-state index in [-0.39, 0.29) is 30.5 Å². The summed E-state index contributed by atoms with van der Waals surface area (Å²) in [5, 5.41) is 0. The van der Waals surface area contributed by atoms with E-state index in [1.807, 2.05) is 26.0 Å². The Labute approximate surface area is 171 Å². The maximum absolute atomic E-state index is 11.6. The summed E-state index contributed by atoms with van der Waals surface area (Å²) in [6.45, 7) is 6.74. The largest absolute Gasteiger partial charge is 0.493 e. The van der Waals surface area contributed by atoms with Gasteiger partial charge < -0.3 is 28.3 Å². The van der Waals surface area contributed by atoms with Crippen LogP contribution in [0, 0.1) is 11.8 Å². The molecule has 0 radical (unpaired) electrons. The number of benzene rings is 1. The first-order valence-electron chi connectivity index (χ1n) is 9.55. The molecule has 8 nitrogen and oxygen atoms in total. The minimum absolute atomic E-state index is 0.00918. The van der Waals surface area contributed by atoms with E-state index in [4.69, 9.17) is 28.3 Å². The minimum Gasteiger partial charge on any atom is -0.463 e. The molecule has 1 fully saturated rings. The zero-order chi connectivity index (χ0) is 21.6. The fourth-order valence-electron chi connectivity index (χ4n) is 3.31. The summed E-state index contributed by atoms with van der Waals surface area (Å²) >= 11 is 0. The number of carbonyl (C=O) groups is 2. The molecule has 1 saturated heterocycles. The van der Waals surface area contributed by atoms with Crippen LogP contribution in [0.1, 0.15) is 27.7 Å². The first-order valence-corrected chi connectivity index (χ1v) is 9.55. The average Bonchev–Trinajstić information content (AvgIpc) is 2.68. The van der Waals surface area contributed by atoms with Crippen LogP contribution in [-0.4, -0.2) is 58.4 Å². The van der Waals surface area contributed by atoms with E-state index in [1.165, 1.54) is 13.8 Å². The van der Waals surface area contributed by atoms with Gasteiger partial charge in [0, 0.05) is 34.0 Å². The highest BCUT2D eigenvalue weighted by Crippen LogP contribution is 2.34. The van der Waals surface area contributed by atoms with E-state index >= 15 is 0 Å². The molecule has 0 N–H and O–H groups in total. The van der Waals surface area contributed by atoms with Gasteiger partial charge in [-0.05, 0) is 23.5 Å². The highest BCUT2D eigenvalue weighted by Gasteiger charge is 2.45. The molecule has 0 bridgehead atoms. The lowest BCUT2D eigenvalue weighted by Gasteiger charge is -2.43. The minimum atomic E-state index is -0.836. The van der Waals surface area contributed by atoms with E-state index in [1.54, 1.807) is 26.4 Å². The smallest absolute Gasteiger partial charge is 0.463 e. The molecular weight excluding hydrogens is 379 g/mol. The number of ether oxygens (including phenoxy) is 4. The molecule has 1 aromatic carbocycles. The van der Waals surface area contributed by atoms with Gasteiger partial charge in [-0.25, -0.2) is 0 Å². The number of esters is 2. The predicted molar refractivity (Wildman–Crippen MR) is 106 cm³/mol. The van der Waals surface area contributed by atoms with Crippen molar-refractivity contribution in [2.24, 2.45) is 11.8 Å². The predicted octanol–water partition coefficient (Wildman–Crippen LogP) is 1.55. The molecule has 160 valence electrons. The fourth-order valence-corrected chi connectivity index (χ4v) is 3.31. The van der Waals surface area contributed by atoms with Gasteiger partial charge >= 0.3 is 19.1 Å². The first kappa shape index (κ1) is 23.2. The molecular formula is C20H29BO8. The van der Waals surface area contributed by atoms with Gasteiger partial charge in [-0.15, -0.1) is 0 Å². The Hall–Kier alpha value is -2.10. The molecule has 0 saturated carbocycles. The Morgan fingerprint density at radius 1 is 1.00 bits per heavy atom. The van der Waals surface area contributed by atoms with Gasteiger partial charge in [0.1, 0.15) is 12.4 Å². The van der Waals surface area contributed by atoms with Crippen molar-refractivity contribution in [3.05, 3.63) is 24.3 Å². The van der Waals surface area contributed by atoms with Gasteiger partial charge in [-0.1, -0.05) is 26.0 Å². The lowest BCUT2D eigenvalue weighted by molar-refractivity contribution is -0.253. The van der Waals surface area contributed by atoms with Crippen molar-refractivity contribution in [3.63, 3.8) is 0 Å². The van der Waals surface area contributed by atoms with Gasteiger partial charge in [-0.2, -0.15) is 0 Å². The van der Waals surface area contributed by atoms with Crippen molar-refractivity contribution in [2.45, 2.75) is 46.2 Å². The van der Waals surface area contributed by atoms with Crippen molar-refractivity contribution in [2.75, 3.05) is 20.8 Å². The number of hydrogen-bond donors (Lipinski definition) is 0. The second-order valence-electron chi connectivity index (χ2n) is 7.13. The van der Waals surface area contributed by atoms with Crippen LogP contribution in [-0.2, 0) is 33.1 Å². The lowest BCUT2D eigenvalue weighted by atomic mass is 9.79. The number of carbonyl (C=O) groups excluding carboxylic acids is 2. The van der Waals surface area contributed by atoms with Crippen LogP contribution in [0.15, 0.2) is 24.3 Å². The maximum Gasteiger partial charge on any atom is 0.493 e. The second kappa shape index (κ2) is 10.6. The van der Waals surface area contributed by atoms with Gasteiger partial charge in [-0.3, -0.25) is 9.59 Å². The monoisotopic (exact) mass is 408 g/mol. The van der Waals surface area contributed by atoms with E-state index in [0.717, 1.165) is 5.46 Å². The molecule has 0 spiro atoms. The number of hydrogen-bond acceptors (Lipinski definition) is 8. The summed E-state index contributed by atoms with van der Waals surface area (Å²) in [4.78, 5) is 22.8. The molecule has 9 heteroatoms. The summed E-state index contributed by atoms with van der Waals surface area (Å²) < 4.78 is 33.1. The lowest BCUT2D eigenvalue weighted by Crippen LogP contribution is -2.54. The van der Waals surface area contributed by atoms with E-state index < -0.39 is 25.5 Å². The molecule has 1 heterocycles. The molecule has 0 aromatic heterocycles. The van der Waals surface area contributed by atoms with Crippen LogP contribution in [0.25, 0.3) is 0 Å². The third-order valence-electron chi connectivity index (χ3n) is 5.10. The van der Waals surface area contributed by atoms with Crippen molar-refractivity contribution in [1.29, 1.82) is 0 Å². The molecule has 1 aromatic rings. The zero-order valence-electron chi connectivity index (χ0n) is 17.7. The summed E-state index contributed by atoms with van der Waals surface area (Å²) in [7, 11) is 2.64. The Bertz CT molecular complexity index is 674. The fraction of sp³-hybridized carbons (Fsp3) is 0.600. The quantitative estimate of drug-likeness (QED) is 0.473. The van der Waals surface area contributed by atoms with E-state index in [0.29, 0.717) is 5.75 Å². The summed E-state index contributed by atoms with van der Waals surface area (Å²) in [6.07, 6.45) is -1.81. The van der Waals surface area contributed by atoms with Crippen molar-refractivity contribution in [1.82, 2.24) is 0 Å². The van der Waals surface area contributed by atoms with Crippen LogP contribution < -0.4 is 10.2 Å². The van der Waals surface area contributed by atoms with Crippen molar-refractivity contribution < 1.29 is 37.8 Å². The third-order valence-corrected chi connectivity index (χ3v) is 5.10.